The fraction of sp³-hybridized carbons (Fsp3) is 0.286. The van der Waals surface area contributed by atoms with Gasteiger partial charge in [0.1, 0.15) is 0 Å². The first-order valence-corrected chi connectivity index (χ1v) is 3.24. The van der Waals surface area contributed by atoms with Crippen LogP contribution in [0.1, 0.15) is 0 Å². The van der Waals surface area contributed by atoms with Crippen molar-refractivity contribution in [1.29, 1.82) is 0 Å². The maximum Gasteiger partial charge on any atom is 0.199 e. The first kappa shape index (κ1) is 10.4. The quantitative estimate of drug-likeness (QED) is 0.513. The average Bonchev–Trinajstić information content (AvgIpc) is 2.03. The van der Waals surface area contributed by atoms with Crippen molar-refractivity contribution in [2.45, 2.75) is 0 Å². The Hall–Kier alpha value is -0.571. The van der Waals surface area contributed by atoms with Gasteiger partial charge in [0.2, 0.25) is 0 Å². The molecule has 1 aromatic heterocycles. The molecule has 0 aromatic carbocycles. The number of nitrogens with zero attached hydrogens (tertiary/aromatic N) is 1. The summed E-state index contributed by atoms with van der Waals surface area (Å²) in [6, 6.07) is 5.78. The van der Waals surface area contributed by atoms with Crippen LogP contribution in [-0.2, 0) is 17.1 Å². The number of hydrogen-bond acceptors (Lipinski definition) is 2. The third kappa shape index (κ3) is 3.98. The van der Waals surface area contributed by atoms with Crippen LogP contribution in [0.4, 0.5) is 0 Å². The van der Waals surface area contributed by atoms with Crippen molar-refractivity contribution in [3.05, 3.63) is 30.6 Å². The monoisotopic (exact) mass is 202 g/mol. The number of rotatable bonds is 3. The second kappa shape index (κ2) is 6.16. The Morgan fingerprint density at radius 2 is 1.82 bits per heavy atom. The molecule has 65 valence electrons. The van der Waals surface area contributed by atoms with Crippen molar-refractivity contribution in [2.24, 2.45) is 0 Å². The summed E-state index contributed by atoms with van der Waals surface area (Å²) < 4.78 is 1.80. The summed E-state index contributed by atoms with van der Waals surface area (Å²) in [5.74, 6) is 0. The van der Waals surface area contributed by atoms with Gasteiger partial charge in [0.25, 0.3) is 0 Å². The molecular formula is C7H11CuN2O+. The Kier molecular flexibility index (Phi) is 5.84. The Balaban J connectivity index is 0.000001000. The zero-order chi connectivity index (χ0) is 7.23. The van der Waals surface area contributed by atoms with Crippen LogP contribution in [0.25, 0.3) is 0 Å². The van der Waals surface area contributed by atoms with Crippen LogP contribution in [0.3, 0.4) is 0 Å². The van der Waals surface area contributed by atoms with Crippen LogP contribution >= 0.6 is 0 Å². The number of pyridine rings is 1. The molecule has 0 aliphatic heterocycles. The normalized spacial score (nSPS) is 8.45. The van der Waals surface area contributed by atoms with Crippen LogP contribution in [0.5, 0.6) is 0 Å². The van der Waals surface area contributed by atoms with E-state index in [0.717, 1.165) is 0 Å². The third-order valence-corrected chi connectivity index (χ3v) is 1.12. The van der Waals surface area contributed by atoms with E-state index in [1.807, 2.05) is 30.6 Å². The van der Waals surface area contributed by atoms with Crippen LogP contribution in [0.2, 0.25) is 0 Å². The first-order chi connectivity index (χ1) is 4.93. The van der Waals surface area contributed by atoms with Crippen molar-refractivity contribution < 1.29 is 26.9 Å². The topological polar surface area (TPSA) is 36.1 Å². The van der Waals surface area contributed by atoms with Gasteiger partial charge >= 0.3 is 0 Å². The largest absolute Gasteiger partial charge is 0.394 e. The fourth-order valence-corrected chi connectivity index (χ4v) is 0.683. The summed E-state index contributed by atoms with van der Waals surface area (Å²) in [6.07, 6.45) is 3.77. The van der Waals surface area contributed by atoms with E-state index in [1.165, 1.54) is 0 Å². The molecule has 0 saturated heterocycles. The molecule has 3 nitrogen and oxygen atoms in total. The molecule has 4 heteroatoms. The number of hydrogen-bond donors (Lipinski definition) is 2. The molecule has 0 atom stereocenters. The van der Waals surface area contributed by atoms with Gasteiger partial charge < -0.3 is 5.11 Å². The van der Waals surface area contributed by atoms with E-state index in [9.17, 15) is 0 Å². The molecule has 0 bridgehead atoms. The van der Waals surface area contributed by atoms with Crippen molar-refractivity contribution >= 4 is 0 Å². The molecule has 1 radical (unpaired) electrons. The minimum absolute atomic E-state index is 0. The van der Waals surface area contributed by atoms with E-state index in [0.29, 0.717) is 6.54 Å². The van der Waals surface area contributed by atoms with E-state index in [1.54, 1.807) is 4.68 Å². The van der Waals surface area contributed by atoms with Crippen molar-refractivity contribution in [3.8, 4) is 0 Å². The summed E-state index contributed by atoms with van der Waals surface area (Å²) in [5.41, 5.74) is 2.96. The number of aliphatic hydroxyl groups is 1. The van der Waals surface area contributed by atoms with Crippen LogP contribution < -0.4 is 10.1 Å². The van der Waals surface area contributed by atoms with Crippen molar-refractivity contribution in [3.63, 3.8) is 0 Å². The van der Waals surface area contributed by atoms with E-state index < -0.39 is 0 Å². The molecule has 0 spiro atoms. The molecule has 0 amide bonds. The molecule has 1 heterocycles. The second-order valence-electron chi connectivity index (χ2n) is 1.91. The molecule has 0 unspecified atom stereocenters. The van der Waals surface area contributed by atoms with Gasteiger partial charge in [-0.2, -0.15) is 5.43 Å². The van der Waals surface area contributed by atoms with Crippen molar-refractivity contribution in [2.75, 3.05) is 18.6 Å². The molecule has 11 heavy (non-hydrogen) atoms. The van der Waals surface area contributed by atoms with E-state index >= 15 is 0 Å². The maximum absolute atomic E-state index is 8.45. The molecule has 0 saturated carbocycles. The molecule has 0 fully saturated rings. The van der Waals surface area contributed by atoms with Gasteiger partial charge in [0.15, 0.2) is 12.4 Å². The second-order valence-corrected chi connectivity index (χ2v) is 1.91. The number of nitrogens with one attached hydrogen (secondary N) is 1. The zero-order valence-corrected chi connectivity index (χ0v) is 6.94. The summed E-state index contributed by atoms with van der Waals surface area (Å²) in [7, 11) is 0. The van der Waals surface area contributed by atoms with Gasteiger partial charge in [0.05, 0.1) is 13.2 Å². The molecule has 2 N–H and O–H groups in total. The van der Waals surface area contributed by atoms with Crippen LogP contribution in [-0.4, -0.2) is 18.3 Å². The smallest absolute Gasteiger partial charge is 0.199 e. The minimum atomic E-state index is 0. The van der Waals surface area contributed by atoms with Gasteiger partial charge in [-0.25, -0.2) is 0 Å². The average molecular weight is 203 g/mol. The van der Waals surface area contributed by atoms with Crippen molar-refractivity contribution in [1.82, 2.24) is 0 Å². The summed E-state index contributed by atoms with van der Waals surface area (Å²) in [5, 5.41) is 8.45. The fourth-order valence-electron chi connectivity index (χ4n) is 0.683. The Labute approximate surface area is 76.5 Å². The van der Waals surface area contributed by atoms with E-state index in [4.69, 9.17) is 5.11 Å². The van der Waals surface area contributed by atoms with Crippen LogP contribution in [0, 0.1) is 0 Å². The third-order valence-electron chi connectivity index (χ3n) is 1.12. The summed E-state index contributed by atoms with van der Waals surface area (Å²) in [4.78, 5) is 0. The summed E-state index contributed by atoms with van der Waals surface area (Å²) >= 11 is 0. The molecule has 1 aromatic rings. The van der Waals surface area contributed by atoms with Gasteiger partial charge in [-0.1, -0.05) is 10.7 Å². The predicted molar refractivity (Wildman–Crippen MR) is 38.0 cm³/mol. The molecule has 1 rings (SSSR count). The Morgan fingerprint density at radius 1 is 1.18 bits per heavy atom. The zero-order valence-electron chi connectivity index (χ0n) is 6.00. The van der Waals surface area contributed by atoms with E-state index in [-0.39, 0.29) is 23.7 Å². The maximum atomic E-state index is 8.45. The molecular weight excluding hydrogens is 192 g/mol. The predicted octanol–water partition coefficient (Wildman–Crippen LogP) is -0.493. The standard InChI is InChI=1S/C7H11N2O.Cu/c10-7-4-8-9-5-2-1-3-6-9;/h1-3,5-6,8,10H,4,7H2;/q+1;. The summed E-state index contributed by atoms with van der Waals surface area (Å²) in [6.45, 7) is 0.733. The van der Waals surface area contributed by atoms with Gasteiger partial charge in [-0.3, -0.25) is 0 Å². The Bertz CT molecular complexity index is 181. The molecule has 0 aliphatic carbocycles. The van der Waals surface area contributed by atoms with Crippen LogP contribution in [0.15, 0.2) is 30.6 Å². The van der Waals surface area contributed by atoms with Gasteiger partial charge in [-0.15, -0.1) is 0 Å². The van der Waals surface area contributed by atoms with E-state index in [2.05, 4.69) is 5.43 Å². The SMILES string of the molecule is OCCN[n+]1ccccc1.[Cu]. The van der Waals surface area contributed by atoms with Gasteiger partial charge in [-0.05, 0) is 0 Å². The number of aliphatic hydroxyl groups excluding tert-OH is 1. The number of aromatic nitrogens is 1. The minimum Gasteiger partial charge on any atom is -0.394 e. The Morgan fingerprint density at radius 3 is 2.36 bits per heavy atom. The molecule has 0 aliphatic rings. The van der Waals surface area contributed by atoms with Gasteiger partial charge in [0, 0.05) is 29.2 Å². The first-order valence-electron chi connectivity index (χ1n) is 3.24.